The first kappa shape index (κ1) is 18.7. The quantitative estimate of drug-likeness (QED) is 0.842. The van der Waals surface area contributed by atoms with Gasteiger partial charge in [0.2, 0.25) is 10.0 Å². The number of methoxy groups -OCH3 is 1. The van der Waals surface area contributed by atoms with Gasteiger partial charge < -0.3 is 9.47 Å². The fourth-order valence-electron chi connectivity index (χ4n) is 1.99. The van der Waals surface area contributed by atoms with Crippen LogP contribution in [0.25, 0.3) is 0 Å². The first-order valence-electron chi connectivity index (χ1n) is 6.97. The van der Waals surface area contributed by atoms with E-state index in [0.717, 1.165) is 12.3 Å². The predicted octanol–water partition coefficient (Wildman–Crippen LogP) is 2.24. The summed E-state index contributed by atoms with van der Waals surface area (Å²) in [4.78, 5) is 11.7. The molecule has 0 atom stereocenters. The van der Waals surface area contributed by atoms with Gasteiger partial charge in [0.1, 0.15) is 18.2 Å². The Labute approximate surface area is 143 Å². The van der Waals surface area contributed by atoms with Crippen molar-refractivity contribution < 1.29 is 31.5 Å². The molecule has 9 heteroatoms. The molecule has 1 N–H and O–H groups in total. The smallest absolute Gasteiger partial charge is 0.267 e. The molecule has 6 nitrogen and oxygen atoms in total. The van der Waals surface area contributed by atoms with Crippen molar-refractivity contribution in [3.8, 4) is 11.5 Å². The maximum absolute atomic E-state index is 14.1. The number of amides is 1. The van der Waals surface area contributed by atoms with E-state index in [1.807, 2.05) is 0 Å². The van der Waals surface area contributed by atoms with Crippen LogP contribution in [0.2, 0.25) is 0 Å². The lowest BCUT2D eigenvalue weighted by Crippen LogP contribution is -2.30. The van der Waals surface area contributed by atoms with E-state index >= 15 is 0 Å². The number of benzene rings is 2. The first-order chi connectivity index (χ1) is 11.7. The standard InChI is InChI=1S/C16H15F2NO5S/c1-23-14-5-3-4-6-15(14)24-9-10-7-13(18)11(8-12(10)17)16(20)19-25(2,21)22/h3-8H,9H2,1-2H3,(H,19,20). The van der Waals surface area contributed by atoms with Gasteiger partial charge in [0.15, 0.2) is 11.5 Å². The van der Waals surface area contributed by atoms with E-state index in [1.54, 1.807) is 29.0 Å². The molecule has 0 aromatic heterocycles. The Morgan fingerprint density at radius 1 is 1.12 bits per heavy atom. The molecule has 2 aromatic rings. The zero-order valence-corrected chi connectivity index (χ0v) is 14.2. The van der Waals surface area contributed by atoms with Crippen LogP contribution in [0.3, 0.4) is 0 Å². The largest absolute Gasteiger partial charge is 0.493 e. The van der Waals surface area contributed by atoms with Crippen LogP contribution < -0.4 is 14.2 Å². The molecule has 0 aliphatic heterocycles. The highest BCUT2D eigenvalue weighted by Gasteiger charge is 2.19. The average molecular weight is 371 g/mol. The van der Waals surface area contributed by atoms with Crippen LogP contribution >= 0.6 is 0 Å². The van der Waals surface area contributed by atoms with E-state index in [1.165, 1.54) is 7.11 Å². The normalized spacial score (nSPS) is 11.0. The molecule has 2 rings (SSSR count). The Bertz CT molecular complexity index is 899. The number of hydrogen-bond acceptors (Lipinski definition) is 5. The molecule has 2 aromatic carbocycles. The summed E-state index contributed by atoms with van der Waals surface area (Å²) < 4.78 is 62.2. The van der Waals surface area contributed by atoms with Gasteiger partial charge in [-0.15, -0.1) is 0 Å². The second kappa shape index (κ2) is 7.47. The lowest BCUT2D eigenvalue weighted by molar-refractivity contribution is 0.0977. The van der Waals surface area contributed by atoms with Crippen molar-refractivity contribution in [2.45, 2.75) is 6.61 Å². The Hall–Kier alpha value is -2.68. The van der Waals surface area contributed by atoms with Crippen molar-refractivity contribution in [2.75, 3.05) is 13.4 Å². The van der Waals surface area contributed by atoms with Gasteiger partial charge in [-0.3, -0.25) is 4.79 Å². The van der Waals surface area contributed by atoms with Crippen molar-refractivity contribution in [2.24, 2.45) is 0 Å². The van der Waals surface area contributed by atoms with Crippen LogP contribution in [0.4, 0.5) is 8.78 Å². The molecule has 0 fully saturated rings. The van der Waals surface area contributed by atoms with Crippen LogP contribution in [0.5, 0.6) is 11.5 Å². The second-order valence-electron chi connectivity index (χ2n) is 5.07. The number of sulfonamides is 1. The molecular formula is C16H15F2NO5S. The summed E-state index contributed by atoms with van der Waals surface area (Å²) in [5.74, 6) is -2.47. The number of carbonyl (C=O) groups excluding carboxylic acids is 1. The zero-order valence-electron chi connectivity index (χ0n) is 13.4. The molecule has 25 heavy (non-hydrogen) atoms. The summed E-state index contributed by atoms with van der Waals surface area (Å²) in [5.41, 5.74) is -0.858. The van der Waals surface area contributed by atoms with Gasteiger partial charge in [0.25, 0.3) is 5.91 Å². The summed E-state index contributed by atoms with van der Waals surface area (Å²) in [6.07, 6.45) is 0.731. The third-order valence-electron chi connectivity index (χ3n) is 3.11. The van der Waals surface area contributed by atoms with Crippen molar-refractivity contribution >= 4 is 15.9 Å². The number of para-hydroxylation sites is 2. The summed E-state index contributed by atoms with van der Waals surface area (Å²) in [6, 6.07) is 8.05. The third-order valence-corrected chi connectivity index (χ3v) is 3.67. The molecule has 0 radical (unpaired) electrons. The van der Waals surface area contributed by atoms with Crippen molar-refractivity contribution in [3.05, 3.63) is 59.2 Å². The summed E-state index contributed by atoms with van der Waals surface area (Å²) >= 11 is 0. The van der Waals surface area contributed by atoms with Gasteiger partial charge in [0.05, 0.1) is 18.9 Å². The molecular weight excluding hydrogens is 356 g/mol. The predicted molar refractivity (Wildman–Crippen MR) is 86.0 cm³/mol. The summed E-state index contributed by atoms with van der Waals surface area (Å²) in [7, 11) is -2.45. The minimum Gasteiger partial charge on any atom is -0.493 e. The van der Waals surface area contributed by atoms with Crippen molar-refractivity contribution in [1.29, 1.82) is 0 Å². The highest BCUT2D eigenvalue weighted by atomic mass is 32.2. The number of nitrogens with one attached hydrogen (secondary N) is 1. The molecule has 0 saturated carbocycles. The zero-order chi connectivity index (χ0) is 18.6. The van der Waals surface area contributed by atoms with E-state index in [0.29, 0.717) is 17.6 Å². The lowest BCUT2D eigenvalue weighted by Gasteiger charge is -2.12. The number of halogens is 2. The van der Waals surface area contributed by atoms with Gasteiger partial charge in [-0.2, -0.15) is 0 Å². The minimum atomic E-state index is -3.89. The molecule has 1 amide bonds. The molecule has 0 heterocycles. The SMILES string of the molecule is COc1ccccc1OCc1cc(F)c(C(=O)NS(C)(=O)=O)cc1F. The molecule has 0 spiro atoms. The number of hydrogen-bond donors (Lipinski definition) is 1. The summed E-state index contributed by atoms with van der Waals surface area (Å²) in [5, 5.41) is 0. The maximum atomic E-state index is 14.1. The fraction of sp³-hybridized carbons (Fsp3) is 0.188. The average Bonchev–Trinajstić information content (AvgIpc) is 2.53. The Morgan fingerprint density at radius 2 is 1.76 bits per heavy atom. The van der Waals surface area contributed by atoms with E-state index in [9.17, 15) is 22.0 Å². The van der Waals surface area contributed by atoms with Gasteiger partial charge in [-0.25, -0.2) is 21.9 Å². The number of rotatable bonds is 6. The van der Waals surface area contributed by atoms with Crippen molar-refractivity contribution in [3.63, 3.8) is 0 Å². The van der Waals surface area contributed by atoms with Crippen LogP contribution in [0.1, 0.15) is 15.9 Å². The number of carbonyl (C=O) groups is 1. The highest BCUT2D eigenvalue weighted by Crippen LogP contribution is 2.27. The van der Waals surface area contributed by atoms with E-state index in [4.69, 9.17) is 9.47 Å². The van der Waals surface area contributed by atoms with E-state index < -0.39 is 33.1 Å². The van der Waals surface area contributed by atoms with E-state index in [-0.39, 0.29) is 12.2 Å². The summed E-state index contributed by atoms with van der Waals surface area (Å²) in [6.45, 7) is -0.308. The molecule has 0 bridgehead atoms. The van der Waals surface area contributed by atoms with Crippen LogP contribution in [0.15, 0.2) is 36.4 Å². The Morgan fingerprint density at radius 3 is 2.36 bits per heavy atom. The van der Waals surface area contributed by atoms with Gasteiger partial charge in [0, 0.05) is 5.56 Å². The molecule has 0 unspecified atom stereocenters. The fourth-order valence-corrected chi connectivity index (χ4v) is 2.44. The Kier molecular flexibility index (Phi) is 5.58. The minimum absolute atomic E-state index is 0.140. The lowest BCUT2D eigenvalue weighted by atomic mass is 10.1. The topological polar surface area (TPSA) is 81.7 Å². The molecule has 134 valence electrons. The van der Waals surface area contributed by atoms with Crippen LogP contribution in [-0.2, 0) is 16.6 Å². The molecule has 0 aliphatic carbocycles. The second-order valence-corrected chi connectivity index (χ2v) is 6.81. The molecule has 0 aliphatic rings. The van der Waals surface area contributed by atoms with Crippen LogP contribution in [0, 0.1) is 11.6 Å². The van der Waals surface area contributed by atoms with Gasteiger partial charge >= 0.3 is 0 Å². The maximum Gasteiger partial charge on any atom is 0.267 e. The van der Waals surface area contributed by atoms with Crippen LogP contribution in [-0.4, -0.2) is 27.7 Å². The third kappa shape index (κ3) is 4.90. The van der Waals surface area contributed by atoms with Gasteiger partial charge in [-0.05, 0) is 24.3 Å². The van der Waals surface area contributed by atoms with Gasteiger partial charge in [-0.1, -0.05) is 12.1 Å². The van der Waals surface area contributed by atoms with Crippen molar-refractivity contribution in [1.82, 2.24) is 4.72 Å². The first-order valence-corrected chi connectivity index (χ1v) is 8.86. The number of ether oxygens (including phenoxy) is 2. The Balaban J connectivity index is 2.21. The highest BCUT2D eigenvalue weighted by molar-refractivity contribution is 7.89. The molecule has 0 saturated heterocycles. The monoisotopic (exact) mass is 371 g/mol. The van der Waals surface area contributed by atoms with E-state index in [2.05, 4.69) is 0 Å².